The van der Waals surface area contributed by atoms with E-state index in [-0.39, 0.29) is 6.54 Å². The van der Waals surface area contributed by atoms with Crippen molar-refractivity contribution < 1.29 is 27.2 Å². The summed E-state index contributed by atoms with van der Waals surface area (Å²) >= 11 is 0. The predicted molar refractivity (Wildman–Crippen MR) is 47.3 cm³/mol. The fourth-order valence-electron chi connectivity index (χ4n) is 1.68. The van der Waals surface area contributed by atoms with Gasteiger partial charge >= 0.3 is 0 Å². The summed E-state index contributed by atoms with van der Waals surface area (Å²) < 4.78 is 52.4. The fourth-order valence-corrected chi connectivity index (χ4v) is 1.68. The molecule has 1 heterocycles. The summed E-state index contributed by atoms with van der Waals surface area (Å²) in [7, 11) is 0. The molecule has 0 N–H and O–H groups in total. The van der Waals surface area contributed by atoms with Crippen LogP contribution in [-0.4, -0.2) is 23.3 Å². The lowest BCUT2D eigenvalue weighted by Crippen LogP contribution is -2.29. The number of hydrogen-bond acceptors (Lipinski definition) is 2. The Hall–Kier alpha value is -1.92. The highest BCUT2D eigenvalue weighted by atomic mass is 19.2. The Kier molecular flexibility index (Phi) is 2.41. The van der Waals surface area contributed by atoms with E-state index in [9.17, 15) is 27.2 Å². The Balaban J connectivity index is 2.84. The lowest BCUT2D eigenvalue weighted by Gasteiger charge is -2.08. The van der Waals surface area contributed by atoms with E-state index in [1.165, 1.54) is 6.92 Å². The van der Waals surface area contributed by atoms with Gasteiger partial charge < -0.3 is 0 Å². The fraction of sp³-hybridized carbons (Fsp3) is 0.200. The smallest absolute Gasteiger partial charge is 0.264 e. The second kappa shape index (κ2) is 3.54. The molecular formula is C10H5F4NO2. The van der Waals surface area contributed by atoms with E-state index in [0.29, 0.717) is 4.90 Å². The zero-order chi connectivity index (χ0) is 12.9. The Morgan fingerprint density at radius 2 is 1.18 bits per heavy atom. The number of nitrogens with zero attached hydrogens (tertiary/aromatic N) is 1. The predicted octanol–water partition coefficient (Wildman–Crippen LogP) is 1.86. The quantitative estimate of drug-likeness (QED) is 0.329. The number of imide groups is 1. The lowest BCUT2D eigenvalue weighted by molar-refractivity contribution is 0.0660. The molecule has 0 aromatic heterocycles. The molecule has 7 heteroatoms. The summed E-state index contributed by atoms with van der Waals surface area (Å²) in [5.74, 6) is -10.2. The Bertz CT molecular complexity index is 509. The van der Waals surface area contributed by atoms with E-state index in [1.54, 1.807) is 0 Å². The van der Waals surface area contributed by atoms with Gasteiger partial charge in [-0.25, -0.2) is 17.6 Å². The third kappa shape index (κ3) is 1.28. The third-order valence-corrected chi connectivity index (χ3v) is 2.50. The van der Waals surface area contributed by atoms with Crippen LogP contribution in [-0.2, 0) is 0 Å². The van der Waals surface area contributed by atoms with Crippen molar-refractivity contribution in [2.75, 3.05) is 6.54 Å². The lowest BCUT2D eigenvalue weighted by atomic mass is 10.1. The summed E-state index contributed by atoms with van der Waals surface area (Å²) in [5, 5.41) is 0. The summed E-state index contributed by atoms with van der Waals surface area (Å²) in [6.45, 7) is 1.25. The highest BCUT2D eigenvalue weighted by Crippen LogP contribution is 2.31. The highest BCUT2D eigenvalue weighted by Gasteiger charge is 2.43. The SMILES string of the molecule is CCN1C(=O)c2c(F)c(F)c(F)c(F)c2C1=O. The molecule has 17 heavy (non-hydrogen) atoms. The second-order valence-corrected chi connectivity index (χ2v) is 3.36. The van der Waals surface area contributed by atoms with Gasteiger partial charge in [0.05, 0.1) is 11.1 Å². The maximum atomic E-state index is 13.3. The van der Waals surface area contributed by atoms with Crippen molar-refractivity contribution in [1.29, 1.82) is 0 Å². The standard InChI is InChI=1S/C10H5F4NO2/c1-2-15-9(16)3-4(10(15)17)6(12)8(14)7(13)5(3)11/h2H2,1H3. The monoisotopic (exact) mass is 247 g/mol. The minimum atomic E-state index is -2.10. The first-order valence-electron chi connectivity index (χ1n) is 4.63. The van der Waals surface area contributed by atoms with Crippen molar-refractivity contribution in [2.45, 2.75) is 6.92 Å². The van der Waals surface area contributed by atoms with Crippen LogP contribution >= 0.6 is 0 Å². The van der Waals surface area contributed by atoms with Crippen LogP contribution in [0.1, 0.15) is 27.6 Å². The molecule has 0 unspecified atom stereocenters. The van der Waals surface area contributed by atoms with Crippen molar-refractivity contribution in [3.63, 3.8) is 0 Å². The number of hydrogen-bond donors (Lipinski definition) is 0. The van der Waals surface area contributed by atoms with Gasteiger partial charge in [0.1, 0.15) is 0 Å². The summed E-state index contributed by atoms with van der Waals surface area (Å²) in [6, 6.07) is 0. The number of amides is 2. The van der Waals surface area contributed by atoms with Crippen molar-refractivity contribution in [3.8, 4) is 0 Å². The Morgan fingerprint density at radius 3 is 1.47 bits per heavy atom. The van der Waals surface area contributed by atoms with Crippen molar-refractivity contribution in [3.05, 3.63) is 34.4 Å². The normalized spacial score (nSPS) is 14.5. The van der Waals surface area contributed by atoms with Crippen molar-refractivity contribution in [2.24, 2.45) is 0 Å². The van der Waals surface area contributed by atoms with Crippen molar-refractivity contribution >= 4 is 11.8 Å². The van der Waals surface area contributed by atoms with E-state index in [0.717, 1.165) is 0 Å². The van der Waals surface area contributed by atoms with E-state index in [1.807, 2.05) is 0 Å². The molecule has 0 saturated heterocycles. The van der Waals surface area contributed by atoms with E-state index in [2.05, 4.69) is 0 Å². The third-order valence-electron chi connectivity index (χ3n) is 2.50. The molecule has 90 valence electrons. The van der Waals surface area contributed by atoms with Crippen LogP contribution in [0.5, 0.6) is 0 Å². The number of carbonyl (C=O) groups is 2. The van der Waals surface area contributed by atoms with Gasteiger partial charge in [0.25, 0.3) is 11.8 Å². The maximum absolute atomic E-state index is 13.3. The topological polar surface area (TPSA) is 37.4 Å². The van der Waals surface area contributed by atoms with Crippen LogP contribution in [0, 0.1) is 23.3 Å². The van der Waals surface area contributed by atoms with Crippen LogP contribution in [0.2, 0.25) is 0 Å². The second-order valence-electron chi connectivity index (χ2n) is 3.36. The molecule has 0 aliphatic carbocycles. The Morgan fingerprint density at radius 1 is 0.824 bits per heavy atom. The molecule has 0 atom stereocenters. The molecule has 2 rings (SSSR count). The Labute approximate surface area is 92.6 Å². The number of fused-ring (bicyclic) bond motifs is 1. The highest BCUT2D eigenvalue weighted by molar-refractivity contribution is 6.21. The first-order valence-corrected chi connectivity index (χ1v) is 4.63. The molecule has 2 amide bonds. The zero-order valence-electron chi connectivity index (χ0n) is 8.48. The number of carbonyl (C=O) groups excluding carboxylic acids is 2. The van der Waals surface area contributed by atoms with E-state index >= 15 is 0 Å². The van der Waals surface area contributed by atoms with Crippen LogP contribution in [0.4, 0.5) is 17.6 Å². The van der Waals surface area contributed by atoms with Gasteiger partial charge in [-0.05, 0) is 6.92 Å². The summed E-state index contributed by atoms with van der Waals surface area (Å²) in [5.41, 5.74) is -2.10. The van der Waals surface area contributed by atoms with Gasteiger partial charge in [0.15, 0.2) is 23.3 Å². The van der Waals surface area contributed by atoms with Gasteiger partial charge in [0, 0.05) is 6.54 Å². The molecule has 0 spiro atoms. The molecule has 1 aliphatic heterocycles. The number of benzene rings is 1. The van der Waals surface area contributed by atoms with Crippen LogP contribution in [0.25, 0.3) is 0 Å². The van der Waals surface area contributed by atoms with Gasteiger partial charge in [-0.2, -0.15) is 0 Å². The average molecular weight is 247 g/mol. The number of halogens is 4. The van der Waals surface area contributed by atoms with Gasteiger partial charge in [0.2, 0.25) is 0 Å². The van der Waals surface area contributed by atoms with Crippen LogP contribution in [0.15, 0.2) is 0 Å². The minimum absolute atomic E-state index is 0.144. The van der Waals surface area contributed by atoms with Gasteiger partial charge in [-0.3, -0.25) is 14.5 Å². The molecule has 0 saturated carbocycles. The molecule has 0 fully saturated rings. The van der Waals surface area contributed by atoms with E-state index in [4.69, 9.17) is 0 Å². The van der Waals surface area contributed by atoms with Gasteiger partial charge in [-0.15, -0.1) is 0 Å². The first-order chi connectivity index (χ1) is 7.91. The molecule has 0 bridgehead atoms. The largest absolute Gasteiger partial charge is 0.274 e. The van der Waals surface area contributed by atoms with Crippen LogP contribution < -0.4 is 0 Å². The van der Waals surface area contributed by atoms with E-state index < -0.39 is 46.2 Å². The molecule has 1 aliphatic rings. The minimum Gasteiger partial charge on any atom is -0.274 e. The molecule has 3 nitrogen and oxygen atoms in total. The molecule has 1 aromatic rings. The summed E-state index contributed by atoms with van der Waals surface area (Å²) in [4.78, 5) is 23.5. The number of rotatable bonds is 1. The summed E-state index contributed by atoms with van der Waals surface area (Å²) in [6.07, 6.45) is 0. The zero-order valence-corrected chi connectivity index (χ0v) is 8.48. The molecule has 1 aromatic carbocycles. The molecular weight excluding hydrogens is 242 g/mol. The maximum Gasteiger partial charge on any atom is 0.264 e. The van der Waals surface area contributed by atoms with Crippen molar-refractivity contribution in [1.82, 2.24) is 4.90 Å². The average Bonchev–Trinajstić information content (AvgIpc) is 2.55. The molecule has 0 radical (unpaired) electrons. The van der Waals surface area contributed by atoms with Crippen LogP contribution in [0.3, 0.4) is 0 Å². The first kappa shape index (κ1) is 11.6. The van der Waals surface area contributed by atoms with Gasteiger partial charge in [-0.1, -0.05) is 0 Å².